The monoisotopic (exact) mass is 403 g/mol. The number of sulfonamides is 1. The van der Waals surface area contributed by atoms with Gasteiger partial charge in [-0.05, 0) is 55.4 Å². The summed E-state index contributed by atoms with van der Waals surface area (Å²) in [5.74, 6) is 0.116. The average molecular weight is 403 g/mol. The quantitative estimate of drug-likeness (QED) is 0.815. The van der Waals surface area contributed by atoms with Crippen LogP contribution in [0.2, 0.25) is 0 Å². The molecule has 27 heavy (non-hydrogen) atoms. The zero-order valence-electron chi connectivity index (χ0n) is 14.5. The van der Waals surface area contributed by atoms with Gasteiger partial charge in [0, 0.05) is 22.7 Å². The molecule has 0 atom stereocenters. The Hall–Kier alpha value is -2.36. The van der Waals surface area contributed by atoms with Crippen LogP contribution in [-0.4, -0.2) is 39.6 Å². The van der Waals surface area contributed by atoms with Gasteiger partial charge in [-0.2, -0.15) is 0 Å². The van der Waals surface area contributed by atoms with E-state index in [1.54, 1.807) is 29.2 Å². The molecular weight excluding hydrogens is 386 g/mol. The molecule has 0 spiro atoms. The van der Waals surface area contributed by atoms with Gasteiger partial charge in [-0.25, -0.2) is 13.1 Å². The molecule has 0 saturated carbocycles. The standard InChI is InChI=1S/C18H17N3O4S2/c1-19-27(24,25)13-3-4-15-11(8-13)6-7-21(15)18(23)12-2-5-16-14(9-12)20-17(22)10-26-16/h2-5,8-9,19H,6-7,10H2,1H3,(H,20,22). The van der Waals surface area contributed by atoms with E-state index in [-0.39, 0.29) is 16.7 Å². The molecule has 2 aliphatic heterocycles. The maximum absolute atomic E-state index is 13.0. The van der Waals surface area contributed by atoms with Crippen molar-refractivity contribution in [2.45, 2.75) is 16.2 Å². The summed E-state index contributed by atoms with van der Waals surface area (Å²) in [6.45, 7) is 0.482. The number of rotatable bonds is 3. The predicted octanol–water partition coefficient (Wildman–Crippen LogP) is 1.84. The zero-order chi connectivity index (χ0) is 19.2. The molecule has 140 valence electrons. The van der Waals surface area contributed by atoms with Crippen LogP contribution in [0.1, 0.15) is 15.9 Å². The van der Waals surface area contributed by atoms with Crippen LogP contribution in [0.4, 0.5) is 11.4 Å². The van der Waals surface area contributed by atoms with Gasteiger partial charge in [-0.15, -0.1) is 11.8 Å². The summed E-state index contributed by atoms with van der Waals surface area (Å²) in [6, 6.07) is 10.1. The summed E-state index contributed by atoms with van der Waals surface area (Å²) < 4.78 is 26.2. The number of benzene rings is 2. The normalized spacial score (nSPS) is 15.9. The first-order valence-corrected chi connectivity index (χ1v) is 10.8. The van der Waals surface area contributed by atoms with Crippen LogP contribution < -0.4 is 14.9 Å². The third kappa shape index (κ3) is 3.22. The molecule has 7 nitrogen and oxygen atoms in total. The number of anilines is 2. The van der Waals surface area contributed by atoms with Crippen molar-refractivity contribution >= 4 is 45.0 Å². The van der Waals surface area contributed by atoms with E-state index in [1.807, 2.05) is 6.07 Å². The SMILES string of the molecule is CNS(=O)(=O)c1ccc2c(c1)CCN2C(=O)c1ccc2c(c1)NC(=O)CS2. The average Bonchev–Trinajstić information content (AvgIpc) is 3.10. The number of nitrogens with one attached hydrogen (secondary N) is 2. The molecule has 0 bridgehead atoms. The molecule has 2 amide bonds. The minimum Gasteiger partial charge on any atom is -0.324 e. The number of nitrogens with zero attached hydrogens (tertiary/aromatic N) is 1. The molecule has 2 aromatic carbocycles. The molecule has 0 aliphatic carbocycles. The van der Waals surface area contributed by atoms with Gasteiger partial charge in [-0.3, -0.25) is 9.59 Å². The Balaban J connectivity index is 1.64. The summed E-state index contributed by atoms with van der Waals surface area (Å²) in [7, 11) is -2.15. The highest BCUT2D eigenvalue weighted by molar-refractivity contribution is 8.00. The summed E-state index contributed by atoms with van der Waals surface area (Å²) in [6.07, 6.45) is 0.589. The lowest BCUT2D eigenvalue weighted by atomic mass is 10.1. The maximum Gasteiger partial charge on any atom is 0.258 e. The number of carbonyl (C=O) groups excluding carboxylic acids is 2. The Morgan fingerprint density at radius 3 is 2.81 bits per heavy atom. The van der Waals surface area contributed by atoms with Gasteiger partial charge in [-0.1, -0.05) is 0 Å². The van der Waals surface area contributed by atoms with Gasteiger partial charge in [0.25, 0.3) is 5.91 Å². The molecular formula is C18H17N3O4S2. The number of hydrogen-bond donors (Lipinski definition) is 2. The number of thioether (sulfide) groups is 1. The molecule has 0 saturated heterocycles. The van der Waals surface area contributed by atoms with Crippen LogP contribution in [0.15, 0.2) is 46.2 Å². The molecule has 4 rings (SSSR count). The van der Waals surface area contributed by atoms with Gasteiger partial charge in [0.05, 0.1) is 16.3 Å². The Morgan fingerprint density at radius 1 is 1.22 bits per heavy atom. The second-order valence-corrected chi connectivity index (χ2v) is 9.16. The maximum atomic E-state index is 13.0. The molecule has 2 heterocycles. The van der Waals surface area contributed by atoms with E-state index in [1.165, 1.54) is 24.9 Å². The number of fused-ring (bicyclic) bond motifs is 2. The number of carbonyl (C=O) groups is 2. The highest BCUT2D eigenvalue weighted by Gasteiger charge is 2.28. The van der Waals surface area contributed by atoms with Crippen molar-refractivity contribution in [2.75, 3.05) is 29.6 Å². The van der Waals surface area contributed by atoms with Gasteiger partial charge in [0.1, 0.15) is 0 Å². The Bertz CT molecular complexity index is 1070. The van der Waals surface area contributed by atoms with Crippen LogP contribution in [0.3, 0.4) is 0 Å². The van der Waals surface area contributed by atoms with E-state index in [0.717, 1.165) is 10.5 Å². The van der Waals surface area contributed by atoms with Crippen molar-refractivity contribution in [2.24, 2.45) is 0 Å². The molecule has 2 aliphatic rings. The van der Waals surface area contributed by atoms with E-state index >= 15 is 0 Å². The second-order valence-electron chi connectivity index (χ2n) is 6.25. The zero-order valence-corrected chi connectivity index (χ0v) is 16.1. The Morgan fingerprint density at radius 2 is 2.04 bits per heavy atom. The minimum absolute atomic E-state index is 0.0816. The lowest BCUT2D eigenvalue weighted by Gasteiger charge is -2.20. The molecule has 2 aromatic rings. The van der Waals surface area contributed by atoms with Crippen LogP contribution >= 0.6 is 11.8 Å². The van der Waals surface area contributed by atoms with Crippen molar-refractivity contribution in [3.63, 3.8) is 0 Å². The van der Waals surface area contributed by atoms with Crippen LogP contribution in [0, 0.1) is 0 Å². The second kappa shape index (κ2) is 6.66. The van der Waals surface area contributed by atoms with E-state index in [9.17, 15) is 18.0 Å². The lowest BCUT2D eigenvalue weighted by Crippen LogP contribution is -2.29. The van der Waals surface area contributed by atoms with Gasteiger partial charge in [0.15, 0.2) is 0 Å². The van der Waals surface area contributed by atoms with Gasteiger partial charge >= 0.3 is 0 Å². The Kier molecular flexibility index (Phi) is 4.45. The van der Waals surface area contributed by atoms with E-state index in [0.29, 0.717) is 35.7 Å². The molecule has 0 aromatic heterocycles. The van der Waals surface area contributed by atoms with Gasteiger partial charge in [0.2, 0.25) is 15.9 Å². The highest BCUT2D eigenvalue weighted by atomic mass is 32.2. The topological polar surface area (TPSA) is 95.6 Å². The van der Waals surface area contributed by atoms with Crippen molar-refractivity contribution < 1.29 is 18.0 Å². The largest absolute Gasteiger partial charge is 0.324 e. The fraction of sp³-hybridized carbons (Fsp3) is 0.222. The Labute approximate surface area is 161 Å². The molecule has 2 N–H and O–H groups in total. The third-order valence-corrected chi connectivity index (χ3v) is 7.12. The molecule has 9 heteroatoms. The van der Waals surface area contributed by atoms with Crippen molar-refractivity contribution in [3.8, 4) is 0 Å². The lowest BCUT2D eigenvalue weighted by molar-refractivity contribution is -0.113. The summed E-state index contributed by atoms with van der Waals surface area (Å²) in [5, 5.41) is 2.79. The molecule has 0 fully saturated rings. The summed E-state index contributed by atoms with van der Waals surface area (Å²) in [4.78, 5) is 27.3. The van der Waals surface area contributed by atoms with E-state index < -0.39 is 10.0 Å². The first-order chi connectivity index (χ1) is 12.9. The number of hydrogen-bond acceptors (Lipinski definition) is 5. The fourth-order valence-electron chi connectivity index (χ4n) is 3.25. The highest BCUT2D eigenvalue weighted by Crippen LogP contribution is 2.34. The minimum atomic E-state index is -3.52. The summed E-state index contributed by atoms with van der Waals surface area (Å²) in [5.41, 5.74) is 2.67. The van der Waals surface area contributed by atoms with Crippen LogP contribution in [-0.2, 0) is 21.2 Å². The van der Waals surface area contributed by atoms with Crippen LogP contribution in [0.25, 0.3) is 0 Å². The smallest absolute Gasteiger partial charge is 0.258 e. The predicted molar refractivity (Wildman–Crippen MR) is 104 cm³/mol. The van der Waals surface area contributed by atoms with Crippen molar-refractivity contribution in [1.82, 2.24) is 4.72 Å². The molecule has 0 unspecified atom stereocenters. The summed E-state index contributed by atoms with van der Waals surface area (Å²) >= 11 is 1.44. The van der Waals surface area contributed by atoms with E-state index in [2.05, 4.69) is 10.0 Å². The van der Waals surface area contributed by atoms with E-state index in [4.69, 9.17) is 0 Å². The number of amides is 2. The fourth-order valence-corrected chi connectivity index (χ4v) is 4.81. The van der Waals surface area contributed by atoms with Gasteiger partial charge < -0.3 is 10.2 Å². The van der Waals surface area contributed by atoms with Crippen LogP contribution in [0.5, 0.6) is 0 Å². The van der Waals surface area contributed by atoms with Crippen molar-refractivity contribution in [1.29, 1.82) is 0 Å². The molecule has 0 radical (unpaired) electrons. The third-order valence-electron chi connectivity index (χ3n) is 4.63. The first kappa shape index (κ1) is 18.0. The van der Waals surface area contributed by atoms with Crippen molar-refractivity contribution in [3.05, 3.63) is 47.5 Å². The first-order valence-electron chi connectivity index (χ1n) is 8.34.